The summed E-state index contributed by atoms with van der Waals surface area (Å²) >= 11 is 0. The largest absolute Gasteiger partial charge is 0.393 e. The van der Waals surface area contributed by atoms with Crippen LogP contribution < -0.4 is 11.0 Å². The van der Waals surface area contributed by atoms with Crippen molar-refractivity contribution in [2.75, 3.05) is 11.9 Å². The van der Waals surface area contributed by atoms with E-state index in [-0.39, 0.29) is 23.9 Å². The summed E-state index contributed by atoms with van der Waals surface area (Å²) in [7, 11) is 0. The van der Waals surface area contributed by atoms with E-state index in [2.05, 4.69) is 10.3 Å². The molecule has 1 amide bonds. The van der Waals surface area contributed by atoms with Crippen LogP contribution in [0.3, 0.4) is 0 Å². The molecule has 0 aromatic carbocycles. The number of rotatable bonds is 3. The van der Waals surface area contributed by atoms with Crippen molar-refractivity contribution in [2.45, 2.75) is 19.3 Å². The third kappa shape index (κ3) is 2.74. The van der Waals surface area contributed by atoms with Crippen molar-refractivity contribution in [3.05, 3.63) is 34.4 Å². The summed E-state index contributed by atoms with van der Waals surface area (Å²) < 4.78 is 6.49. The zero-order valence-electron chi connectivity index (χ0n) is 10.6. The molecular weight excluding hydrogens is 264 g/mol. The molecule has 0 saturated heterocycles. The molecule has 1 aliphatic rings. The highest BCUT2D eigenvalue weighted by molar-refractivity contribution is 5.87. The van der Waals surface area contributed by atoms with Gasteiger partial charge in [0.05, 0.1) is 18.2 Å². The van der Waals surface area contributed by atoms with Gasteiger partial charge in [0.2, 0.25) is 5.91 Å². The number of amides is 1. The van der Waals surface area contributed by atoms with Gasteiger partial charge in [-0.3, -0.25) is 9.36 Å². The van der Waals surface area contributed by atoms with E-state index < -0.39 is 18.0 Å². The Kier molecular flexibility index (Phi) is 3.93. The minimum atomic E-state index is -0.913. The minimum absolute atomic E-state index is 0.123. The van der Waals surface area contributed by atoms with Crippen LogP contribution in [0.5, 0.6) is 0 Å². The average molecular weight is 276 g/mol. The molecule has 0 spiro atoms. The fraction of sp³-hybridized carbons (Fsp3) is 0.333. The molecule has 0 unspecified atom stereocenters. The highest BCUT2D eigenvalue weighted by Gasteiger charge is 2.29. The third-order valence-electron chi connectivity index (χ3n) is 2.63. The number of anilines is 1. The molecule has 0 fully saturated rings. The fourth-order valence-electron chi connectivity index (χ4n) is 1.81. The van der Waals surface area contributed by atoms with Crippen molar-refractivity contribution in [2.24, 2.45) is 0 Å². The summed E-state index contributed by atoms with van der Waals surface area (Å²) in [5.74, 6) is -0.220. The number of hydrogen-bond acceptors (Lipinski definition) is 6. The molecule has 8 nitrogen and oxygen atoms in total. The van der Waals surface area contributed by atoms with Crippen molar-refractivity contribution < 1.29 is 14.6 Å². The molecule has 20 heavy (non-hydrogen) atoms. The lowest BCUT2D eigenvalue weighted by Crippen LogP contribution is -2.29. The van der Waals surface area contributed by atoms with Crippen molar-refractivity contribution in [1.82, 2.24) is 9.55 Å². The summed E-state index contributed by atoms with van der Waals surface area (Å²) in [6.07, 6.45) is 1.29. The molecular formula is C12H12N4O4. The van der Waals surface area contributed by atoms with Crippen LogP contribution in [0.4, 0.5) is 5.82 Å². The van der Waals surface area contributed by atoms with E-state index in [4.69, 9.17) is 15.1 Å². The second-order valence-corrected chi connectivity index (χ2v) is 4.13. The van der Waals surface area contributed by atoms with Crippen molar-refractivity contribution in [3.63, 3.8) is 0 Å². The molecule has 0 radical (unpaired) electrons. The van der Waals surface area contributed by atoms with Crippen LogP contribution in [0.15, 0.2) is 28.7 Å². The maximum atomic E-state index is 11.9. The van der Waals surface area contributed by atoms with Crippen LogP contribution >= 0.6 is 0 Å². The molecule has 2 heterocycles. The molecule has 8 heteroatoms. The van der Waals surface area contributed by atoms with Gasteiger partial charge in [-0.25, -0.2) is 4.79 Å². The van der Waals surface area contributed by atoms with Gasteiger partial charge in [0, 0.05) is 13.1 Å². The monoisotopic (exact) mass is 276 g/mol. The SMILES string of the molecule is CC(=O)Nc1ccn([C@@H]2O[C@H](CO)C=C2C#N)c(=O)n1. The normalized spacial score (nSPS) is 21.1. The number of carbonyl (C=O) groups is 1. The summed E-state index contributed by atoms with van der Waals surface area (Å²) in [5.41, 5.74) is -0.443. The number of nitrogens with zero attached hydrogens (tertiary/aromatic N) is 3. The van der Waals surface area contributed by atoms with Crippen LogP contribution in [0.25, 0.3) is 0 Å². The molecule has 1 aliphatic heterocycles. The van der Waals surface area contributed by atoms with Gasteiger partial charge in [-0.05, 0) is 12.1 Å². The lowest BCUT2D eigenvalue weighted by Gasteiger charge is -2.16. The van der Waals surface area contributed by atoms with E-state index in [1.54, 1.807) is 0 Å². The third-order valence-corrected chi connectivity index (χ3v) is 2.63. The first kappa shape index (κ1) is 13.9. The van der Waals surface area contributed by atoms with Gasteiger partial charge < -0.3 is 15.2 Å². The van der Waals surface area contributed by atoms with Gasteiger partial charge in [-0.15, -0.1) is 0 Å². The zero-order valence-corrected chi connectivity index (χ0v) is 10.6. The molecule has 1 aromatic rings. The number of ether oxygens (including phenoxy) is 1. The van der Waals surface area contributed by atoms with Crippen LogP contribution in [0.2, 0.25) is 0 Å². The van der Waals surface area contributed by atoms with Crippen molar-refractivity contribution in [3.8, 4) is 6.07 Å². The highest BCUT2D eigenvalue weighted by Crippen LogP contribution is 2.27. The van der Waals surface area contributed by atoms with Gasteiger partial charge in [0.15, 0.2) is 6.23 Å². The number of hydrogen-bond donors (Lipinski definition) is 2. The molecule has 2 atom stereocenters. The van der Waals surface area contributed by atoms with E-state index >= 15 is 0 Å². The number of aliphatic hydroxyl groups is 1. The Morgan fingerprint density at radius 1 is 1.70 bits per heavy atom. The molecule has 2 rings (SSSR count). The first-order chi connectivity index (χ1) is 9.55. The van der Waals surface area contributed by atoms with Gasteiger partial charge in [-0.2, -0.15) is 10.2 Å². The van der Waals surface area contributed by atoms with Crippen LogP contribution in [-0.4, -0.2) is 33.3 Å². The Morgan fingerprint density at radius 2 is 2.45 bits per heavy atom. The smallest absolute Gasteiger partial charge is 0.351 e. The van der Waals surface area contributed by atoms with Gasteiger partial charge in [0.1, 0.15) is 11.9 Å². The second kappa shape index (κ2) is 5.64. The first-order valence-electron chi connectivity index (χ1n) is 5.80. The maximum absolute atomic E-state index is 11.9. The highest BCUT2D eigenvalue weighted by atomic mass is 16.5. The lowest BCUT2D eigenvalue weighted by molar-refractivity contribution is -0.114. The Labute approximate surface area is 113 Å². The predicted molar refractivity (Wildman–Crippen MR) is 67.5 cm³/mol. The number of nitriles is 1. The average Bonchev–Trinajstić information content (AvgIpc) is 2.81. The van der Waals surface area contributed by atoms with E-state index in [9.17, 15) is 9.59 Å². The molecule has 1 aromatic heterocycles. The van der Waals surface area contributed by atoms with Crippen LogP contribution in [0, 0.1) is 11.3 Å². The Morgan fingerprint density at radius 3 is 3.00 bits per heavy atom. The van der Waals surface area contributed by atoms with Gasteiger partial charge >= 0.3 is 5.69 Å². The molecule has 104 valence electrons. The van der Waals surface area contributed by atoms with Gasteiger partial charge in [0.25, 0.3) is 0 Å². The second-order valence-electron chi connectivity index (χ2n) is 4.13. The number of carbonyl (C=O) groups excluding carboxylic acids is 1. The Hall–Kier alpha value is -2.50. The minimum Gasteiger partial charge on any atom is -0.393 e. The number of aromatic nitrogens is 2. The fourth-order valence-corrected chi connectivity index (χ4v) is 1.81. The molecule has 0 saturated carbocycles. The van der Waals surface area contributed by atoms with E-state index in [0.29, 0.717) is 0 Å². The van der Waals surface area contributed by atoms with Crippen molar-refractivity contribution in [1.29, 1.82) is 5.26 Å². The lowest BCUT2D eigenvalue weighted by atomic mass is 10.2. The maximum Gasteiger partial charge on any atom is 0.351 e. The molecule has 0 bridgehead atoms. The van der Waals surface area contributed by atoms with Crippen LogP contribution in [0.1, 0.15) is 13.2 Å². The van der Waals surface area contributed by atoms with Gasteiger partial charge in [-0.1, -0.05) is 0 Å². The Balaban J connectivity index is 2.31. The number of aliphatic hydroxyl groups excluding tert-OH is 1. The summed E-state index contributed by atoms with van der Waals surface area (Å²) in [5, 5.41) is 20.4. The molecule has 2 N–H and O–H groups in total. The Bertz CT molecular complexity index is 658. The predicted octanol–water partition coefficient (Wildman–Crippen LogP) is -0.459. The number of nitrogens with one attached hydrogen (secondary N) is 1. The summed E-state index contributed by atoms with van der Waals surface area (Å²) in [4.78, 5) is 26.4. The zero-order chi connectivity index (χ0) is 14.7. The van der Waals surface area contributed by atoms with E-state index in [1.807, 2.05) is 6.07 Å². The van der Waals surface area contributed by atoms with Crippen LogP contribution in [-0.2, 0) is 9.53 Å². The van der Waals surface area contributed by atoms with Crippen molar-refractivity contribution >= 4 is 11.7 Å². The topological polar surface area (TPSA) is 117 Å². The summed E-state index contributed by atoms with van der Waals surface area (Å²) in [6, 6.07) is 3.34. The first-order valence-corrected chi connectivity index (χ1v) is 5.80. The summed E-state index contributed by atoms with van der Waals surface area (Å²) in [6.45, 7) is 1.02. The standard InChI is InChI=1S/C12H12N4O4/c1-7(18)14-10-2-3-16(12(19)15-10)11-8(5-13)4-9(6-17)20-11/h2-4,9,11,17H,6H2,1H3,(H,14,15,18,19)/t9-,11+/m0/s1. The van der Waals surface area contributed by atoms with E-state index in [0.717, 1.165) is 4.57 Å². The van der Waals surface area contributed by atoms with E-state index in [1.165, 1.54) is 25.3 Å². The quantitative estimate of drug-likeness (QED) is 0.771. The molecule has 0 aliphatic carbocycles.